The number of benzene rings is 1. The third-order valence-electron chi connectivity index (χ3n) is 5.29. The first-order valence-electron chi connectivity index (χ1n) is 10.8. The van der Waals surface area contributed by atoms with Crippen LogP contribution in [0.4, 0.5) is 10.1 Å². The van der Waals surface area contributed by atoms with Crippen LogP contribution in [0.5, 0.6) is 5.88 Å². The molecule has 8 nitrogen and oxygen atoms in total. The molecule has 3 aromatic rings. The number of fused-ring (bicyclic) bond motifs is 5. The van der Waals surface area contributed by atoms with Gasteiger partial charge in [0, 0.05) is 50.1 Å². The van der Waals surface area contributed by atoms with Crippen LogP contribution in [0.25, 0.3) is 16.8 Å². The lowest BCUT2D eigenvalue weighted by Gasteiger charge is -2.25. The quantitative estimate of drug-likeness (QED) is 0.673. The van der Waals surface area contributed by atoms with Crippen LogP contribution in [0.3, 0.4) is 0 Å². The first-order chi connectivity index (χ1) is 15.3. The highest BCUT2D eigenvalue weighted by molar-refractivity contribution is 5.84. The molecule has 1 fully saturated rings. The van der Waals surface area contributed by atoms with Gasteiger partial charge in [0.1, 0.15) is 18.5 Å². The number of hydrogen-bond donors (Lipinski definition) is 1. The van der Waals surface area contributed by atoms with Gasteiger partial charge >= 0.3 is 0 Å². The second kappa shape index (κ2) is 7.00. The summed E-state index contributed by atoms with van der Waals surface area (Å²) in [6.45, 7) is 0.725. The smallest absolute Gasteiger partial charge is 0.252 e. The zero-order valence-corrected chi connectivity index (χ0v) is 15.3. The van der Waals surface area contributed by atoms with E-state index in [4.69, 9.17) is 13.6 Å². The van der Waals surface area contributed by atoms with E-state index in [1.807, 2.05) is 0 Å². The van der Waals surface area contributed by atoms with E-state index < -0.39 is 30.9 Å². The van der Waals surface area contributed by atoms with Gasteiger partial charge in [-0.3, -0.25) is 4.79 Å². The number of halogens is 1. The van der Waals surface area contributed by atoms with Gasteiger partial charge in [-0.15, -0.1) is 0 Å². The maximum absolute atomic E-state index is 14.3. The van der Waals surface area contributed by atoms with Crippen molar-refractivity contribution in [2.24, 2.45) is 0 Å². The van der Waals surface area contributed by atoms with Gasteiger partial charge in [0.05, 0.1) is 16.4 Å². The molecular weight excluding hydrogens is 377 g/mol. The average Bonchev–Trinajstić information content (AvgIpc) is 3.26. The minimum absolute atomic E-state index is 0.124. The van der Waals surface area contributed by atoms with Crippen LogP contribution < -0.4 is 10.1 Å². The Bertz CT molecular complexity index is 1180. The van der Waals surface area contributed by atoms with Crippen molar-refractivity contribution in [1.82, 2.24) is 19.5 Å². The maximum Gasteiger partial charge on any atom is 0.252 e. The molecule has 0 spiro atoms. The first kappa shape index (κ1) is 14.7. The van der Waals surface area contributed by atoms with E-state index >= 15 is 0 Å². The van der Waals surface area contributed by atoms with Crippen LogP contribution in [0, 0.1) is 5.82 Å². The van der Waals surface area contributed by atoms with E-state index in [0.29, 0.717) is 34.9 Å². The van der Waals surface area contributed by atoms with E-state index in [9.17, 15) is 9.18 Å². The Hall–Kier alpha value is -3.20. The highest BCUT2D eigenvalue weighted by atomic mass is 19.1. The van der Waals surface area contributed by atoms with Gasteiger partial charge in [-0.25, -0.2) is 8.91 Å². The number of amides is 1. The van der Waals surface area contributed by atoms with E-state index in [1.54, 1.807) is 29.0 Å². The SMILES string of the molecule is [2H]C([2H])([2H])O[C@@H]1C[C@H]2COc3ccn4ncc(c4n3)-c3cc(F)cc(c3)NCCN2C1=O. The number of nitrogens with zero attached hydrogens (tertiary/aromatic N) is 4. The maximum atomic E-state index is 14.3. The van der Waals surface area contributed by atoms with Gasteiger partial charge in [-0.1, -0.05) is 0 Å². The summed E-state index contributed by atoms with van der Waals surface area (Å²) in [5.74, 6) is -0.520. The van der Waals surface area contributed by atoms with Crippen LogP contribution in [0.2, 0.25) is 0 Å². The summed E-state index contributed by atoms with van der Waals surface area (Å²) in [5, 5.41) is 7.41. The third kappa shape index (κ3) is 3.17. The van der Waals surface area contributed by atoms with Gasteiger partial charge in [-0.05, 0) is 23.8 Å². The van der Waals surface area contributed by atoms with Crippen molar-refractivity contribution in [2.75, 3.05) is 32.1 Å². The van der Waals surface area contributed by atoms with E-state index in [0.717, 1.165) is 0 Å². The summed E-state index contributed by atoms with van der Waals surface area (Å²) >= 11 is 0. The first-order valence-corrected chi connectivity index (χ1v) is 9.27. The summed E-state index contributed by atoms with van der Waals surface area (Å²) in [4.78, 5) is 18.9. The van der Waals surface area contributed by atoms with Crippen molar-refractivity contribution in [1.29, 1.82) is 0 Å². The van der Waals surface area contributed by atoms with Crippen molar-refractivity contribution < 1.29 is 22.8 Å². The zero-order chi connectivity index (χ0) is 22.5. The number of aromatic nitrogens is 3. The number of ether oxygens (including phenoxy) is 2. The summed E-state index contributed by atoms with van der Waals surface area (Å²) in [7, 11) is -2.68. The van der Waals surface area contributed by atoms with Crippen LogP contribution in [0.1, 0.15) is 10.5 Å². The standard InChI is InChI=1S/C20H20FN5O3/c1-28-17-9-15-11-29-18-2-4-26-19(24-18)16(10-23-26)12-6-13(21)8-14(7-12)22-3-5-25(15)20(17)27/h2,4,6-8,10,15,17,22H,3,5,9,11H2,1H3/t15-,17+/m0/s1/i1D3. The van der Waals surface area contributed by atoms with Gasteiger partial charge in [-0.2, -0.15) is 10.1 Å². The van der Waals surface area contributed by atoms with Crippen LogP contribution in [0.15, 0.2) is 36.7 Å². The molecule has 2 atom stereocenters. The van der Waals surface area contributed by atoms with Crippen LogP contribution in [-0.4, -0.2) is 64.3 Å². The van der Waals surface area contributed by atoms with Gasteiger partial charge in [0.25, 0.3) is 5.91 Å². The fourth-order valence-corrected chi connectivity index (χ4v) is 3.88. The Morgan fingerprint density at radius 1 is 1.41 bits per heavy atom. The molecule has 5 rings (SSSR count). The number of hydrogen-bond acceptors (Lipinski definition) is 6. The molecule has 1 N–H and O–H groups in total. The Morgan fingerprint density at radius 2 is 2.34 bits per heavy atom. The molecule has 0 radical (unpaired) electrons. The topological polar surface area (TPSA) is 81.0 Å². The van der Waals surface area contributed by atoms with Crippen molar-refractivity contribution in [3.05, 3.63) is 42.5 Å². The predicted octanol–water partition coefficient (Wildman–Crippen LogP) is 1.96. The van der Waals surface area contributed by atoms with Crippen molar-refractivity contribution in [3.63, 3.8) is 0 Å². The Kier molecular flexibility index (Phi) is 3.56. The number of nitrogens with one attached hydrogen (secondary N) is 1. The second-order valence-electron chi connectivity index (χ2n) is 7.09. The molecular formula is C20H20FN5O3. The molecule has 4 bridgehead atoms. The highest BCUT2D eigenvalue weighted by Gasteiger charge is 2.39. The van der Waals surface area contributed by atoms with Gasteiger partial charge in [0.2, 0.25) is 5.88 Å². The lowest BCUT2D eigenvalue weighted by atomic mass is 10.1. The molecule has 2 aliphatic rings. The average molecular weight is 400 g/mol. The second-order valence-corrected chi connectivity index (χ2v) is 7.09. The number of carbonyl (C=O) groups excluding carboxylic acids is 1. The molecule has 0 unspecified atom stereocenters. The monoisotopic (exact) mass is 400 g/mol. The molecule has 1 aromatic carbocycles. The van der Waals surface area contributed by atoms with Crippen LogP contribution >= 0.6 is 0 Å². The summed E-state index contributed by atoms with van der Waals surface area (Å²) in [6, 6.07) is 5.80. The molecule has 4 heterocycles. The highest BCUT2D eigenvalue weighted by Crippen LogP contribution is 2.29. The summed E-state index contributed by atoms with van der Waals surface area (Å²) in [6.07, 6.45) is 2.40. The molecule has 2 aliphatic heterocycles. The Balaban J connectivity index is 1.51. The molecule has 1 amide bonds. The largest absolute Gasteiger partial charge is 0.475 e. The van der Waals surface area contributed by atoms with Crippen molar-refractivity contribution in [3.8, 4) is 17.0 Å². The van der Waals surface area contributed by atoms with E-state index in [-0.39, 0.29) is 19.6 Å². The molecule has 2 aromatic heterocycles. The lowest BCUT2D eigenvalue weighted by Crippen LogP contribution is -2.41. The van der Waals surface area contributed by atoms with Gasteiger partial charge in [0.15, 0.2) is 5.65 Å². The predicted molar refractivity (Wildman–Crippen MR) is 103 cm³/mol. The fourth-order valence-electron chi connectivity index (χ4n) is 3.88. The summed E-state index contributed by atoms with van der Waals surface area (Å²) < 4.78 is 48.8. The molecule has 0 saturated carbocycles. The minimum Gasteiger partial charge on any atom is -0.475 e. The van der Waals surface area contributed by atoms with Gasteiger partial charge < -0.3 is 19.7 Å². The number of carbonyl (C=O) groups is 1. The Morgan fingerprint density at radius 3 is 3.24 bits per heavy atom. The van der Waals surface area contributed by atoms with E-state index in [1.165, 1.54) is 17.0 Å². The molecule has 1 saturated heterocycles. The molecule has 9 heteroatoms. The van der Waals surface area contributed by atoms with Crippen LogP contribution in [-0.2, 0) is 9.53 Å². The third-order valence-corrected chi connectivity index (χ3v) is 5.29. The normalized spacial score (nSPS) is 23.6. The number of rotatable bonds is 1. The molecule has 150 valence electrons. The summed E-state index contributed by atoms with van der Waals surface area (Å²) in [5.41, 5.74) is 2.30. The molecule has 29 heavy (non-hydrogen) atoms. The van der Waals surface area contributed by atoms with Crippen molar-refractivity contribution in [2.45, 2.75) is 18.6 Å². The fraction of sp³-hybridized carbons (Fsp3) is 0.350. The molecule has 0 aliphatic carbocycles. The minimum atomic E-state index is -2.68. The number of anilines is 1. The number of methoxy groups -OCH3 is 1. The van der Waals surface area contributed by atoms with E-state index in [2.05, 4.69) is 15.4 Å². The zero-order valence-electron chi connectivity index (χ0n) is 18.3. The van der Waals surface area contributed by atoms with Crippen molar-refractivity contribution >= 4 is 17.2 Å². The Labute approximate surface area is 170 Å². The lowest BCUT2D eigenvalue weighted by molar-refractivity contribution is -0.136.